The van der Waals surface area contributed by atoms with Crippen LogP contribution in [0, 0.1) is 18.4 Å². The highest BCUT2D eigenvalue weighted by Gasteiger charge is 1.98. The lowest BCUT2D eigenvalue weighted by Gasteiger charge is -2.07. The van der Waals surface area contributed by atoms with E-state index >= 15 is 0 Å². The van der Waals surface area contributed by atoms with Crippen molar-refractivity contribution in [1.82, 2.24) is 0 Å². The second-order valence-electron chi connectivity index (χ2n) is 4.76. The largest absolute Gasteiger partial charge is 0.0817 e. The fraction of sp³-hybridized carbons (Fsp3) is 0.600. The normalized spacial score (nSPS) is 14.9. The predicted molar refractivity (Wildman–Crippen MR) is 69.6 cm³/mol. The maximum absolute atomic E-state index is 5.38. The maximum atomic E-state index is 5.38. The van der Waals surface area contributed by atoms with Crippen LogP contribution in [0.2, 0.25) is 0 Å². The van der Waals surface area contributed by atoms with Gasteiger partial charge in [-0.1, -0.05) is 70.1 Å². The van der Waals surface area contributed by atoms with E-state index in [2.05, 4.69) is 39.0 Å². The highest BCUT2D eigenvalue weighted by molar-refractivity contribution is 5.18. The maximum Gasteiger partial charge on any atom is -0.0259 e. The Balaban J connectivity index is 3.73. The van der Waals surface area contributed by atoms with Gasteiger partial charge in [0.25, 0.3) is 0 Å². The quantitative estimate of drug-likeness (QED) is 0.516. The van der Waals surface area contributed by atoms with Gasteiger partial charge in [0.05, 0.1) is 0 Å². The minimum Gasteiger partial charge on any atom is -0.0817 e. The summed E-state index contributed by atoms with van der Waals surface area (Å²) in [6.45, 7) is 14.2. The molecule has 0 heteroatoms. The second kappa shape index (κ2) is 8.52. The zero-order valence-corrected chi connectivity index (χ0v) is 10.7. The molecule has 0 aromatic heterocycles. The fourth-order valence-corrected chi connectivity index (χ4v) is 1.40. The molecule has 0 aliphatic heterocycles. The Morgan fingerprint density at radius 3 is 2.40 bits per heavy atom. The van der Waals surface area contributed by atoms with E-state index in [1.807, 2.05) is 6.92 Å². The second-order valence-corrected chi connectivity index (χ2v) is 4.76. The summed E-state index contributed by atoms with van der Waals surface area (Å²) in [4.78, 5) is 0. The molecule has 0 aromatic rings. The molecule has 0 saturated carbocycles. The summed E-state index contributed by atoms with van der Waals surface area (Å²) < 4.78 is 0. The molecule has 1 radical (unpaired) electrons. The lowest BCUT2D eigenvalue weighted by Crippen LogP contribution is -1.92. The molecule has 0 bridgehead atoms. The molecular weight excluding hydrogens is 180 g/mol. The predicted octanol–water partition coefficient (Wildman–Crippen LogP) is 4.94. The highest BCUT2D eigenvalue weighted by Crippen LogP contribution is 2.13. The van der Waals surface area contributed by atoms with Crippen LogP contribution >= 0.6 is 0 Å². The van der Waals surface area contributed by atoms with Crippen molar-refractivity contribution < 1.29 is 0 Å². The molecule has 0 nitrogen and oxygen atoms in total. The summed E-state index contributed by atoms with van der Waals surface area (Å²) in [7, 11) is 0. The van der Waals surface area contributed by atoms with Crippen molar-refractivity contribution in [3.63, 3.8) is 0 Å². The Hall–Kier alpha value is -0.780. The summed E-state index contributed by atoms with van der Waals surface area (Å²) in [5.41, 5.74) is 1.11. The van der Waals surface area contributed by atoms with Gasteiger partial charge in [-0.05, 0) is 25.2 Å². The zero-order chi connectivity index (χ0) is 11.7. The third-order valence-corrected chi connectivity index (χ3v) is 2.50. The van der Waals surface area contributed by atoms with E-state index in [1.165, 1.54) is 19.3 Å². The Morgan fingerprint density at radius 2 is 1.87 bits per heavy atom. The van der Waals surface area contributed by atoms with Crippen LogP contribution < -0.4 is 0 Å². The summed E-state index contributed by atoms with van der Waals surface area (Å²) in [6.07, 6.45) is 12.0. The standard InChI is InChI=1S/C15H25/c1-6-14(4)10-8-12-15(5)11-7-9-13(2)3/h1,6,8,10,12-13,15H,7,9,11H2,2-5H3/b6-1?,12-8+,14-10+. The molecule has 0 saturated heterocycles. The van der Waals surface area contributed by atoms with Crippen LogP contribution in [0.5, 0.6) is 0 Å². The average molecular weight is 205 g/mol. The summed E-state index contributed by atoms with van der Waals surface area (Å²) in [5.74, 6) is 1.50. The van der Waals surface area contributed by atoms with Crippen molar-refractivity contribution in [3.8, 4) is 0 Å². The Labute approximate surface area is 95.8 Å². The molecule has 15 heavy (non-hydrogen) atoms. The molecule has 0 aliphatic rings. The van der Waals surface area contributed by atoms with Gasteiger partial charge in [0, 0.05) is 0 Å². The van der Waals surface area contributed by atoms with Crippen LogP contribution in [0.4, 0.5) is 0 Å². The highest BCUT2D eigenvalue weighted by atomic mass is 14.0. The molecular formula is C15H25. The number of allylic oxidation sites excluding steroid dienone is 5. The molecule has 85 valence electrons. The summed E-state index contributed by atoms with van der Waals surface area (Å²) in [5, 5.41) is 0. The topological polar surface area (TPSA) is 0 Å². The Morgan fingerprint density at radius 1 is 1.20 bits per heavy atom. The molecule has 0 N–H and O–H groups in total. The van der Waals surface area contributed by atoms with Gasteiger partial charge < -0.3 is 0 Å². The molecule has 0 rings (SSSR count). The van der Waals surface area contributed by atoms with E-state index < -0.39 is 0 Å². The molecule has 1 unspecified atom stereocenters. The molecule has 0 amide bonds. The number of rotatable bonds is 7. The fourth-order valence-electron chi connectivity index (χ4n) is 1.40. The smallest absolute Gasteiger partial charge is 0.0259 e. The van der Waals surface area contributed by atoms with Gasteiger partial charge in [-0.15, -0.1) is 0 Å². The van der Waals surface area contributed by atoms with Gasteiger partial charge in [-0.25, -0.2) is 0 Å². The van der Waals surface area contributed by atoms with Crippen LogP contribution in [0.25, 0.3) is 0 Å². The van der Waals surface area contributed by atoms with Gasteiger partial charge in [0.2, 0.25) is 0 Å². The van der Waals surface area contributed by atoms with Crippen LogP contribution in [0.15, 0.2) is 29.9 Å². The van der Waals surface area contributed by atoms with Gasteiger partial charge in [0.1, 0.15) is 0 Å². The third kappa shape index (κ3) is 9.52. The minimum atomic E-state index is 0.672. The first kappa shape index (κ1) is 14.2. The van der Waals surface area contributed by atoms with Crippen LogP contribution in [-0.2, 0) is 0 Å². The lowest BCUT2D eigenvalue weighted by atomic mass is 9.99. The molecule has 0 fully saturated rings. The van der Waals surface area contributed by atoms with Crippen molar-refractivity contribution in [3.05, 3.63) is 36.5 Å². The number of hydrogen-bond acceptors (Lipinski definition) is 0. The molecule has 0 spiro atoms. The van der Waals surface area contributed by atoms with Gasteiger partial charge in [-0.3, -0.25) is 0 Å². The summed E-state index contributed by atoms with van der Waals surface area (Å²) >= 11 is 0. The third-order valence-electron chi connectivity index (χ3n) is 2.50. The van der Waals surface area contributed by atoms with Gasteiger partial charge in [-0.2, -0.15) is 0 Å². The molecule has 0 aliphatic carbocycles. The van der Waals surface area contributed by atoms with Gasteiger partial charge in [0.15, 0.2) is 0 Å². The van der Waals surface area contributed by atoms with Crippen LogP contribution in [0.3, 0.4) is 0 Å². The van der Waals surface area contributed by atoms with Crippen molar-refractivity contribution >= 4 is 0 Å². The van der Waals surface area contributed by atoms with E-state index in [9.17, 15) is 0 Å². The number of hydrogen-bond donors (Lipinski definition) is 0. The minimum absolute atomic E-state index is 0.672. The van der Waals surface area contributed by atoms with E-state index in [4.69, 9.17) is 6.58 Å². The monoisotopic (exact) mass is 205 g/mol. The first-order valence-electron chi connectivity index (χ1n) is 5.96. The van der Waals surface area contributed by atoms with Gasteiger partial charge >= 0.3 is 0 Å². The van der Waals surface area contributed by atoms with E-state index in [0.29, 0.717) is 5.92 Å². The molecule has 0 aromatic carbocycles. The molecule has 1 atom stereocenters. The van der Waals surface area contributed by atoms with Crippen molar-refractivity contribution in [2.75, 3.05) is 0 Å². The van der Waals surface area contributed by atoms with Crippen LogP contribution in [0.1, 0.15) is 47.0 Å². The van der Waals surface area contributed by atoms with Crippen LogP contribution in [-0.4, -0.2) is 0 Å². The first-order valence-corrected chi connectivity index (χ1v) is 5.96. The first-order chi connectivity index (χ1) is 7.06. The summed E-state index contributed by atoms with van der Waals surface area (Å²) in [6, 6.07) is 0. The van der Waals surface area contributed by atoms with Crippen molar-refractivity contribution in [2.45, 2.75) is 47.0 Å². The van der Waals surface area contributed by atoms with E-state index in [1.54, 1.807) is 6.08 Å². The van der Waals surface area contributed by atoms with E-state index in [0.717, 1.165) is 11.5 Å². The lowest BCUT2D eigenvalue weighted by molar-refractivity contribution is 0.502. The Bertz CT molecular complexity index is 218. The van der Waals surface area contributed by atoms with Crippen molar-refractivity contribution in [1.29, 1.82) is 0 Å². The zero-order valence-electron chi connectivity index (χ0n) is 10.7. The Kier molecular flexibility index (Phi) is 8.08. The average Bonchev–Trinajstić information content (AvgIpc) is 2.17. The van der Waals surface area contributed by atoms with E-state index in [-0.39, 0.29) is 0 Å². The SMILES string of the molecule is [CH]=C/C(C)=C/C=C/C(C)CCCC(C)C. The van der Waals surface area contributed by atoms with Crippen molar-refractivity contribution in [2.24, 2.45) is 11.8 Å². The molecule has 0 heterocycles.